The lowest BCUT2D eigenvalue weighted by Crippen LogP contribution is -2.41. The quantitative estimate of drug-likeness (QED) is 0.846. The first-order valence-corrected chi connectivity index (χ1v) is 10.1. The van der Waals surface area contributed by atoms with Crippen molar-refractivity contribution in [1.82, 2.24) is 10.4 Å². The van der Waals surface area contributed by atoms with Gasteiger partial charge in [-0.05, 0) is 61.1 Å². The molecule has 6 nitrogen and oxygen atoms in total. The van der Waals surface area contributed by atoms with Gasteiger partial charge in [0.2, 0.25) is 10.0 Å². The van der Waals surface area contributed by atoms with E-state index in [-0.39, 0.29) is 21.4 Å². The zero-order chi connectivity index (χ0) is 17.1. The second-order valence-electron chi connectivity index (χ2n) is 7.20. The topological polar surface area (TPSA) is 92.5 Å². The van der Waals surface area contributed by atoms with Gasteiger partial charge in [0, 0.05) is 18.7 Å². The number of sulfonamides is 1. The van der Waals surface area contributed by atoms with Gasteiger partial charge in [0.1, 0.15) is 4.90 Å². The maximum Gasteiger partial charge on any atom is 0.265 e. The zero-order valence-corrected chi connectivity index (χ0v) is 14.7. The minimum Gasteiger partial charge on any atom is -0.285 e. The number of hydrazine groups is 1. The summed E-state index contributed by atoms with van der Waals surface area (Å²) in [6.45, 7) is 1.76. The van der Waals surface area contributed by atoms with Crippen LogP contribution in [-0.4, -0.2) is 32.4 Å². The molecular formula is C16H20ClN3O3S. The van der Waals surface area contributed by atoms with E-state index in [1.807, 2.05) is 5.01 Å². The van der Waals surface area contributed by atoms with Crippen molar-refractivity contribution in [2.75, 3.05) is 13.1 Å². The van der Waals surface area contributed by atoms with Gasteiger partial charge in [-0.2, -0.15) is 0 Å². The van der Waals surface area contributed by atoms with E-state index in [0.29, 0.717) is 11.8 Å². The molecule has 4 atom stereocenters. The first-order chi connectivity index (χ1) is 11.3. The highest BCUT2D eigenvalue weighted by Crippen LogP contribution is 2.54. The minimum absolute atomic E-state index is 0.0151. The van der Waals surface area contributed by atoms with Crippen LogP contribution in [0, 0.1) is 23.7 Å². The summed E-state index contributed by atoms with van der Waals surface area (Å²) in [5.41, 5.74) is 3.15. The Bertz CT molecular complexity index is 780. The Morgan fingerprint density at radius 1 is 1.21 bits per heavy atom. The number of nitrogens with one attached hydrogen (secondary N) is 1. The van der Waals surface area contributed by atoms with Crippen LogP contribution >= 0.6 is 11.6 Å². The number of carbonyl (C=O) groups is 1. The zero-order valence-electron chi connectivity index (χ0n) is 13.1. The number of rotatable bonds is 3. The van der Waals surface area contributed by atoms with Crippen molar-refractivity contribution in [3.05, 3.63) is 28.8 Å². The molecule has 4 rings (SSSR count). The number of primary sulfonamides is 1. The molecule has 3 fully saturated rings. The Balaban J connectivity index is 1.48. The molecule has 2 saturated carbocycles. The second-order valence-corrected chi connectivity index (χ2v) is 9.13. The van der Waals surface area contributed by atoms with Crippen LogP contribution in [0.3, 0.4) is 0 Å². The molecule has 1 unspecified atom stereocenters. The molecule has 0 aromatic heterocycles. The van der Waals surface area contributed by atoms with E-state index < -0.39 is 10.0 Å². The van der Waals surface area contributed by atoms with Crippen LogP contribution in [0.2, 0.25) is 5.02 Å². The number of benzene rings is 1. The fourth-order valence-electron chi connectivity index (χ4n) is 4.84. The van der Waals surface area contributed by atoms with Crippen LogP contribution in [0.4, 0.5) is 0 Å². The second kappa shape index (κ2) is 5.69. The highest BCUT2D eigenvalue weighted by atomic mass is 35.5. The summed E-state index contributed by atoms with van der Waals surface area (Å²) in [6, 6.07) is 4.12. The number of hydrogen-bond donors (Lipinski definition) is 2. The summed E-state index contributed by atoms with van der Waals surface area (Å²) in [5.74, 6) is 2.67. The van der Waals surface area contributed by atoms with Crippen molar-refractivity contribution in [3.8, 4) is 0 Å². The molecule has 1 aromatic carbocycles. The Morgan fingerprint density at radius 2 is 1.83 bits per heavy atom. The molecule has 0 spiro atoms. The number of halogens is 1. The van der Waals surface area contributed by atoms with E-state index in [1.54, 1.807) is 0 Å². The SMILES string of the molecule is NS(=O)(=O)c1cc(C(=O)NN2C[C@H]3[C@H]4CCC(C4)[C@H]3C2)ccc1Cl. The fraction of sp³-hybridized carbons (Fsp3) is 0.562. The maximum atomic E-state index is 12.5. The third-order valence-electron chi connectivity index (χ3n) is 5.90. The average Bonchev–Trinajstić information content (AvgIpc) is 3.18. The Morgan fingerprint density at radius 3 is 2.42 bits per heavy atom. The van der Waals surface area contributed by atoms with Crippen molar-refractivity contribution in [2.24, 2.45) is 28.8 Å². The molecule has 3 N–H and O–H groups in total. The predicted octanol–water partition coefficient (Wildman–Crippen LogP) is 1.61. The number of amides is 1. The molecule has 2 bridgehead atoms. The molecule has 1 saturated heterocycles. The number of hydrogen-bond acceptors (Lipinski definition) is 4. The minimum atomic E-state index is -3.96. The lowest BCUT2D eigenvalue weighted by molar-refractivity contribution is 0.0809. The largest absolute Gasteiger partial charge is 0.285 e. The summed E-state index contributed by atoms with van der Waals surface area (Å²) in [7, 11) is -3.96. The molecule has 1 amide bonds. The van der Waals surface area contributed by atoms with Crippen LogP contribution in [-0.2, 0) is 10.0 Å². The molecule has 24 heavy (non-hydrogen) atoms. The van der Waals surface area contributed by atoms with Crippen molar-refractivity contribution in [3.63, 3.8) is 0 Å². The van der Waals surface area contributed by atoms with Crippen molar-refractivity contribution in [1.29, 1.82) is 0 Å². The number of nitrogens with zero attached hydrogens (tertiary/aromatic N) is 1. The highest BCUT2D eigenvalue weighted by Gasteiger charge is 2.51. The monoisotopic (exact) mass is 369 g/mol. The lowest BCUT2D eigenvalue weighted by Gasteiger charge is -2.22. The molecule has 8 heteroatoms. The van der Waals surface area contributed by atoms with Crippen LogP contribution < -0.4 is 10.6 Å². The van der Waals surface area contributed by atoms with Gasteiger partial charge in [0.25, 0.3) is 5.91 Å². The van der Waals surface area contributed by atoms with E-state index in [0.717, 1.165) is 24.9 Å². The van der Waals surface area contributed by atoms with Gasteiger partial charge < -0.3 is 0 Å². The number of carbonyl (C=O) groups excluding carboxylic acids is 1. The maximum absolute atomic E-state index is 12.5. The summed E-state index contributed by atoms with van der Waals surface area (Å²) in [5, 5.41) is 7.13. The Labute approximate surface area is 146 Å². The van der Waals surface area contributed by atoms with Crippen molar-refractivity contribution in [2.45, 2.75) is 24.2 Å². The highest BCUT2D eigenvalue weighted by molar-refractivity contribution is 7.89. The predicted molar refractivity (Wildman–Crippen MR) is 89.7 cm³/mol. The van der Waals surface area contributed by atoms with Crippen molar-refractivity contribution < 1.29 is 13.2 Å². The normalized spacial score (nSPS) is 32.1. The van der Waals surface area contributed by atoms with Gasteiger partial charge in [-0.3, -0.25) is 10.2 Å². The molecule has 3 aliphatic rings. The Kier molecular flexibility index (Phi) is 3.87. The van der Waals surface area contributed by atoms with E-state index in [9.17, 15) is 13.2 Å². The molecule has 1 aromatic rings. The molecular weight excluding hydrogens is 350 g/mol. The fourth-order valence-corrected chi connectivity index (χ4v) is 5.92. The first kappa shape index (κ1) is 16.3. The van der Waals surface area contributed by atoms with Crippen LogP contribution in [0.25, 0.3) is 0 Å². The molecule has 2 aliphatic carbocycles. The van der Waals surface area contributed by atoms with Crippen molar-refractivity contribution >= 4 is 27.5 Å². The standard InChI is InChI=1S/C16H20ClN3O3S/c17-14-4-3-11(6-15(14)24(18,22)23)16(21)19-20-7-12-9-1-2-10(5-9)13(12)8-20/h3-4,6,9-10,12-13H,1-2,5,7-8H2,(H,19,21)(H2,18,22,23)/t9-,10?,12-,13+/m0/s1. The third kappa shape index (κ3) is 2.73. The van der Waals surface area contributed by atoms with E-state index in [1.165, 1.54) is 37.5 Å². The molecule has 1 heterocycles. The summed E-state index contributed by atoms with van der Waals surface area (Å²) < 4.78 is 23.1. The summed E-state index contributed by atoms with van der Waals surface area (Å²) >= 11 is 5.86. The van der Waals surface area contributed by atoms with E-state index in [2.05, 4.69) is 5.43 Å². The Hall–Kier alpha value is -1.15. The van der Waals surface area contributed by atoms with E-state index >= 15 is 0 Å². The number of nitrogens with two attached hydrogens (primary N) is 1. The smallest absolute Gasteiger partial charge is 0.265 e. The van der Waals surface area contributed by atoms with Gasteiger partial charge in [-0.15, -0.1) is 0 Å². The van der Waals surface area contributed by atoms with Gasteiger partial charge >= 0.3 is 0 Å². The van der Waals surface area contributed by atoms with Crippen LogP contribution in [0.1, 0.15) is 29.6 Å². The van der Waals surface area contributed by atoms with E-state index in [4.69, 9.17) is 16.7 Å². The van der Waals surface area contributed by atoms with Gasteiger partial charge in [0.15, 0.2) is 0 Å². The molecule has 1 aliphatic heterocycles. The first-order valence-electron chi connectivity index (χ1n) is 8.21. The van der Waals surface area contributed by atoms with Crippen LogP contribution in [0.5, 0.6) is 0 Å². The van der Waals surface area contributed by atoms with Gasteiger partial charge in [-0.25, -0.2) is 18.6 Å². The van der Waals surface area contributed by atoms with Crippen LogP contribution in [0.15, 0.2) is 23.1 Å². The molecule has 0 radical (unpaired) electrons. The molecule has 130 valence electrons. The third-order valence-corrected chi connectivity index (χ3v) is 7.29. The average molecular weight is 370 g/mol. The lowest BCUT2D eigenvalue weighted by atomic mass is 9.82. The summed E-state index contributed by atoms with van der Waals surface area (Å²) in [6.07, 6.45) is 4.00. The van der Waals surface area contributed by atoms with Gasteiger partial charge in [0.05, 0.1) is 5.02 Å². The summed E-state index contributed by atoms with van der Waals surface area (Å²) in [4.78, 5) is 12.2. The number of fused-ring (bicyclic) bond motifs is 5. The van der Waals surface area contributed by atoms with Gasteiger partial charge in [-0.1, -0.05) is 11.6 Å².